The zero-order valence-corrected chi connectivity index (χ0v) is 16.1. The summed E-state index contributed by atoms with van der Waals surface area (Å²) in [6.45, 7) is 3.56. The van der Waals surface area contributed by atoms with Gasteiger partial charge in [0.25, 0.3) is 0 Å². The first kappa shape index (κ1) is 18.9. The van der Waals surface area contributed by atoms with Crippen LogP contribution >= 0.6 is 0 Å². The van der Waals surface area contributed by atoms with E-state index in [9.17, 15) is 14.4 Å². The number of ether oxygens (including phenoxy) is 1. The number of benzene rings is 1. The van der Waals surface area contributed by atoms with Crippen LogP contribution in [0.4, 0.5) is 0 Å². The van der Waals surface area contributed by atoms with Crippen LogP contribution in [0, 0.1) is 5.92 Å². The Balaban J connectivity index is 1.53. The van der Waals surface area contributed by atoms with E-state index in [1.807, 2.05) is 18.2 Å². The first-order valence-electron chi connectivity index (χ1n) is 9.87. The fraction of sp³-hybridized carbons (Fsp3) is 0.550. The fourth-order valence-corrected chi connectivity index (χ4v) is 4.03. The third-order valence-electron chi connectivity index (χ3n) is 5.66. The zero-order valence-electron chi connectivity index (χ0n) is 16.1. The normalized spacial score (nSPS) is 20.4. The Kier molecular flexibility index (Phi) is 5.32. The van der Waals surface area contributed by atoms with Gasteiger partial charge in [-0.1, -0.05) is 12.1 Å². The summed E-state index contributed by atoms with van der Waals surface area (Å²) in [5.41, 5.74) is 2.42. The van der Waals surface area contributed by atoms with Crippen molar-refractivity contribution >= 4 is 22.8 Å². The molecule has 0 radical (unpaired) electrons. The number of hydrogen-bond donors (Lipinski definition) is 2. The number of amides is 2. The minimum atomic E-state index is -0.649. The highest BCUT2D eigenvalue weighted by Gasteiger charge is 2.31. The minimum absolute atomic E-state index is 0.231. The molecule has 2 aliphatic heterocycles. The van der Waals surface area contributed by atoms with Gasteiger partial charge in [-0.2, -0.15) is 0 Å². The molecule has 0 bridgehead atoms. The van der Waals surface area contributed by atoms with Crippen molar-refractivity contribution in [2.45, 2.75) is 31.7 Å². The number of imidazole rings is 1. The van der Waals surface area contributed by atoms with Crippen molar-refractivity contribution in [1.29, 1.82) is 0 Å². The maximum atomic E-state index is 12.9. The van der Waals surface area contributed by atoms with Gasteiger partial charge in [0.2, 0.25) is 11.8 Å². The molecule has 150 valence electrons. The molecule has 1 atom stereocenters. The lowest BCUT2D eigenvalue weighted by atomic mass is 10.0. The largest absolute Gasteiger partial charge is 0.381 e. The number of imide groups is 1. The average Bonchev–Trinajstić information content (AvgIpc) is 2.88. The number of rotatable bonds is 7. The van der Waals surface area contributed by atoms with Crippen molar-refractivity contribution in [3.05, 3.63) is 34.2 Å². The fourth-order valence-electron chi connectivity index (χ4n) is 4.03. The van der Waals surface area contributed by atoms with Gasteiger partial charge in [-0.3, -0.25) is 24.0 Å². The van der Waals surface area contributed by atoms with Crippen molar-refractivity contribution in [2.24, 2.45) is 13.0 Å². The third-order valence-corrected chi connectivity index (χ3v) is 5.66. The van der Waals surface area contributed by atoms with E-state index >= 15 is 0 Å². The Morgan fingerprint density at radius 2 is 2.04 bits per heavy atom. The summed E-state index contributed by atoms with van der Waals surface area (Å²) in [4.78, 5) is 36.6. The predicted molar refractivity (Wildman–Crippen MR) is 104 cm³/mol. The molecule has 0 aliphatic carbocycles. The Morgan fingerprint density at radius 1 is 1.21 bits per heavy atom. The van der Waals surface area contributed by atoms with Gasteiger partial charge < -0.3 is 10.1 Å². The van der Waals surface area contributed by atoms with E-state index < -0.39 is 11.9 Å². The number of piperidine rings is 1. The van der Waals surface area contributed by atoms with Crippen LogP contribution in [0.3, 0.4) is 0 Å². The topological polar surface area (TPSA) is 94.4 Å². The molecular weight excluding hydrogens is 360 g/mol. The summed E-state index contributed by atoms with van der Waals surface area (Å²) in [5.74, 6) is -0.0603. The molecule has 2 saturated heterocycles. The SMILES string of the molecule is Cn1c(=O)n(C2CCC(=O)NC2=O)c2cccc(CCCOCC3CNC3)c21. The van der Waals surface area contributed by atoms with Gasteiger partial charge in [-0.25, -0.2) is 4.79 Å². The van der Waals surface area contributed by atoms with Gasteiger partial charge >= 0.3 is 5.69 Å². The molecule has 2 amide bonds. The highest BCUT2D eigenvalue weighted by molar-refractivity contribution is 6.00. The van der Waals surface area contributed by atoms with E-state index in [-0.39, 0.29) is 18.0 Å². The molecule has 2 aliphatic rings. The number of para-hydroxylation sites is 1. The molecule has 3 heterocycles. The van der Waals surface area contributed by atoms with Crippen LogP contribution in [-0.4, -0.2) is 47.3 Å². The molecule has 4 rings (SSSR count). The Hall–Kier alpha value is -2.45. The molecule has 28 heavy (non-hydrogen) atoms. The molecule has 2 fully saturated rings. The summed E-state index contributed by atoms with van der Waals surface area (Å²) in [5, 5.41) is 5.58. The number of fused-ring (bicyclic) bond motifs is 1. The molecule has 0 spiro atoms. The molecule has 2 N–H and O–H groups in total. The first-order chi connectivity index (χ1) is 13.6. The van der Waals surface area contributed by atoms with E-state index in [0.717, 1.165) is 49.1 Å². The van der Waals surface area contributed by atoms with E-state index in [1.165, 1.54) is 4.57 Å². The molecule has 8 heteroatoms. The van der Waals surface area contributed by atoms with Gasteiger partial charge in [0.05, 0.1) is 17.6 Å². The van der Waals surface area contributed by atoms with Crippen LogP contribution in [0.25, 0.3) is 11.0 Å². The summed E-state index contributed by atoms with van der Waals surface area (Å²) < 4.78 is 8.89. The lowest BCUT2D eigenvalue weighted by Crippen LogP contribution is -2.44. The number of hydrogen-bond acceptors (Lipinski definition) is 5. The predicted octanol–water partition coefficient (Wildman–Crippen LogP) is 0.486. The highest BCUT2D eigenvalue weighted by atomic mass is 16.5. The van der Waals surface area contributed by atoms with Crippen molar-refractivity contribution < 1.29 is 14.3 Å². The standard InChI is InChI=1S/C20H26N4O4/c1-23-18-14(5-3-9-28-12-13-10-21-11-13)4-2-6-15(18)24(20(23)27)16-7-8-17(25)22-19(16)26/h2,4,6,13,16,21H,3,5,7-12H2,1H3,(H,22,25,26). The van der Waals surface area contributed by atoms with Gasteiger partial charge in [-0.15, -0.1) is 0 Å². The summed E-state index contributed by atoms with van der Waals surface area (Å²) in [6.07, 6.45) is 2.26. The molecule has 0 saturated carbocycles. The van der Waals surface area contributed by atoms with Crippen LogP contribution in [-0.2, 0) is 27.8 Å². The molecule has 2 aromatic rings. The van der Waals surface area contributed by atoms with E-state index in [2.05, 4.69) is 10.6 Å². The molecule has 1 unspecified atom stereocenters. The second kappa shape index (κ2) is 7.89. The number of aromatic nitrogens is 2. The van der Waals surface area contributed by atoms with E-state index in [1.54, 1.807) is 11.6 Å². The Bertz CT molecular complexity index is 957. The van der Waals surface area contributed by atoms with Gasteiger partial charge in [0.1, 0.15) is 6.04 Å². The maximum Gasteiger partial charge on any atom is 0.329 e. The Labute approximate surface area is 162 Å². The maximum absolute atomic E-state index is 12.9. The lowest BCUT2D eigenvalue weighted by molar-refractivity contribution is -0.135. The lowest BCUT2D eigenvalue weighted by Gasteiger charge is -2.26. The smallest absolute Gasteiger partial charge is 0.329 e. The van der Waals surface area contributed by atoms with Crippen molar-refractivity contribution in [1.82, 2.24) is 19.8 Å². The molecule has 1 aromatic carbocycles. The monoisotopic (exact) mass is 386 g/mol. The van der Waals surface area contributed by atoms with Gasteiger partial charge in [-0.05, 0) is 30.9 Å². The number of aryl methyl sites for hydroxylation is 2. The number of carbonyl (C=O) groups excluding carboxylic acids is 2. The van der Waals surface area contributed by atoms with Gasteiger partial charge in [0.15, 0.2) is 0 Å². The van der Waals surface area contributed by atoms with Crippen molar-refractivity contribution in [3.8, 4) is 0 Å². The van der Waals surface area contributed by atoms with Crippen molar-refractivity contribution in [3.63, 3.8) is 0 Å². The van der Waals surface area contributed by atoms with Crippen LogP contribution in [0.5, 0.6) is 0 Å². The second-order valence-electron chi connectivity index (χ2n) is 7.67. The van der Waals surface area contributed by atoms with Crippen LogP contribution in [0.2, 0.25) is 0 Å². The van der Waals surface area contributed by atoms with Gasteiger partial charge in [0, 0.05) is 39.1 Å². The Morgan fingerprint density at radius 3 is 2.75 bits per heavy atom. The van der Waals surface area contributed by atoms with Crippen LogP contribution in [0.15, 0.2) is 23.0 Å². The van der Waals surface area contributed by atoms with Crippen LogP contribution in [0.1, 0.15) is 30.9 Å². The number of carbonyl (C=O) groups is 2. The minimum Gasteiger partial charge on any atom is -0.381 e. The summed E-state index contributed by atoms with van der Waals surface area (Å²) >= 11 is 0. The number of nitrogens with zero attached hydrogens (tertiary/aromatic N) is 2. The summed E-state index contributed by atoms with van der Waals surface area (Å²) in [6, 6.07) is 5.15. The highest BCUT2D eigenvalue weighted by Crippen LogP contribution is 2.25. The molecular formula is C20H26N4O4. The van der Waals surface area contributed by atoms with Crippen molar-refractivity contribution in [2.75, 3.05) is 26.3 Å². The second-order valence-corrected chi connectivity index (χ2v) is 7.67. The molecule has 1 aromatic heterocycles. The zero-order chi connectivity index (χ0) is 19.7. The molecule has 8 nitrogen and oxygen atoms in total. The summed E-state index contributed by atoms with van der Waals surface area (Å²) in [7, 11) is 1.73. The van der Waals surface area contributed by atoms with E-state index in [4.69, 9.17) is 4.74 Å². The van der Waals surface area contributed by atoms with E-state index in [0.29, 0.717) is 18.9 Å². The first-order valence-corrected chi connectivity index (χ1v) is 9.87. The van der Waals surface area contributed by atoms with Crippen LogP contribution < -0.4 is 16.3 Å². The number of nitrogens with one attached hydrogen (secondary N) is 2. The average molecular weight is 386 g/mol. The third kappa shape index (κ3) is 3.49. The quantitative estimate of drug-likeness (QED) is 0.533.